The molecule has 2 atom stereocenters. The van der Waals surface area contributed by atoms with Gasteiger partial charge in [0.2, 0.25) is 11.8 Å². The molecule has 2 heterocycles. The standard InChI is InChI=1S/C17H23N5O3/c1-19-16(24)14-7-12(18)9-21(14)15(23)10-22-13-6-4-3-5-11(13)8-20(2)17(22)25/h3-6,12,14H,7-10,18H2,1-2H3,(H,19,24)/t12-,14-/m0/s1. The molecule has 1 aromatic carbocycles. The number of hydrogen-bond donors (Lipinski definition) is 2. The first kappa shape index (κ1) is 17.2. The first-order chi connectivity index (χ1) is 11.9. The highest BCUT2D eigenvalue weighted by atomic mass is 16.2. The molecule has 2 aliphatic rings. The molecule has 0 spiro atoms. The summed E-state index contributed by atoms with van der Waals surface area (Å²) in [5.41, 5.74) is 7.66. The summed E-state index contributed by atoms with van der Waals surface area (Å²) in [6, 6.07) is 6.47. The van der Waals surface area contributed by atoms with Gasteiger partial charge in [0.15, 0.2) is 0 Å². The van der Waals surface area contributed by atoms with Crippen molar-refractivity contribution in [3.05, 3.63) is 29.8 Å². The van der Waals surface area contributed by atoms with Gasteiger partial charge in [-0.3, -0.25) is 14.5 Å². The molecule has 0 bridgehead atoms. The number of rotatable bonds is 3. The third-order valence-electron chi connectivity index (χ3n) is 4.74. The van der Waals surface area contributed by atoms with E-state index in [1.54, 1.807) is 11.9 Å². The van der Waals surface area contributed by atoms with Crippen molar-refractivity contribution >= 4 is 23.5 Å². The highest BCUT2D eigenvalue weighted by Gasteiger charge is 2.39. The topological polar surface area (TPSA) is 99.0 Å². The van der Waals surface area contributed by atoms with Crippen LogP contribution in [0.4, 0.5) is 10.5 Å². The SMILES string of the molecule is CNC(=O)[C@@H]1C[C@H](N)CN1C(=O)CN1C(=O)N(C)Cc2ccccc21. The molecular weight excluding hydrogens is 322 g/mol. The van der Waals surface area contributed by atoms with Gasteiger partial charge in [-0.2, -0.15) is 0 Å². The number of para-hydroxylation sites is 1. The first-order valence-electron chi connectivity index (χ1n) is 8.29. The Morgan fingerprint density at radius 1 is 1.32 bits per heavy atom. The minimum absolute atomic E-state index is 0.111. The van der Waals surface area contributed by atoms with Crippen LogP contribution in [0.3, 0.4) is 0 Å². The second-order valence-electron chi connectivity index (χ2n) is 6.53. The molecule has 3 rings (SSSR count). The van der Waals surface area contributed by atoms with Gasteiger partial charge >= 0.3 is 6.03 Å². The van der Waals surface area contributed by atoms with Gasteiger partial charge in [-0.25, -0.2) is 4.79 Å². The number of carbonyl (C=O) groups excluding carboxylic acids is 3. The van der Waals surface area contributed by atoms with Crippen molar-refractivity contribution < 1.29 is 14.4 Å². The van der Waals surface area contributed by atoms with Crippen LogP contribution in [0.25, 0.3) is 0 Å². The van der Waals surface area contributed by atoms with Gasteiger partial charge in [0.05, 0.1) is 5.69 Å². The number of urea groups is 1. The minimum atomic E-state index is -0.583. The Morgan fingerprint density at radius 3 is 2.76 bits per heavy atom. The Kier molecular flexibility index (Phi) is 4.63. The van der Waals surface area contributed by atoms with Gasteiger partial charge in [0, 0.05) is 33.2 Å². The molecule has 0 aromatic heterocycles. The summed E-state index contributed by atoms with van der Waals surface area (Å²) in [5, 5.41) is 2.57. The highest BCUT2D eigenvalue weighted by Crippen LogP contribution is 2.28. The van der Waals surface area contributed by atoms with Crippen LogP contribution in [0.2, 0.25) is 0 Å². The lowest BCUT2D eigenvalue weighted by molar-refractivity contribution is -0.137. The Morgan fingerprint density at radius 2 is 2.04 bits per heavy atom. The largest absolute Gasteiger partial charge is 0.357 e. The van der Waals surface area contributed by atoms with E-state index in [1.165, 1.54) is 16.8 Å². The zero-order valence-electron chi connectivity index (χ0n) is 14.4. The average Bonchev–Trinajstić information content (AvgIpc) is 3.00. The second-order valence-corrected chi connectivity index (χ2v) is 6.53. The van der Waals surface area contributed by atoms with E-state index in [4.69, 9.17) is 5.73 Å². The normalized spacial score (nSPS) is 22.8. The van der Waals surface area contributed by atoms with Crippen molar-refractivity contribution in [1.82, 2.24) is 15.1 Å². The van der Waals surface area contributed by atoms with Crippen molar-refractivity contribution in [2.24, 2.45) is 5.73 Å². The molecule has 134 valence electrons. The van der Waals surface area contributed by atoms with Crippen molar-refractivity contribution in [2.45, 2.75) is 25.0 Å². The van der Waals surface area contributed by atoms with E-state index in [2.05, 4.69) is 5.32 Å². The number of nitrogens with two attached hydrogens (primary N) is 1. The second kappa shape index (κ2) is 6.72. The smallest absolute Gasteiger partial charge is 0.325 e. The minimum Gasteiger partial charge on any atom is -0.357 e. The molecule has 8 nitrogen and oxygen atoms in total. The summed E-state index contributed by atoms with van der Waals surface area (Å²) in [6.45, 7) is 0.714. The quantitative estimate of drug-likeness (QED) is 0.788. The molecule has 1 aromatic rings. The number of hydrogen-bond acceptors (Lipinski definition) is 4. The third-order valence-corrected chi connectivity index (χ3v) is 4.74. The molecule has 0 aliphatic carbocycles. The summed E-state index contributed by atoms with van der Waals surface area (Å²) in [5.74, 6) is -0.510. The molecule has 8 heteroatoms. The predicted octanol–water partition coefficient (Wildman–Crippen LogP) is -0.267. The molecule has 2 aliphatic heterocycles. The van der Waals surface area contributed by atoms with Crippen LogP contribution in [0.1, 0.15) is 12.0 Å². The number of amides is 4. The molecular formula is C17H23N5O3. The Balaban J connectivity index is 1.82. The van der Waals surface area contributed by atoms with Crippen LogP contribution in [-0.4, -0.2) is 66.9 Å². The monoisotopic (exact) mass is 345 g/mol. The molecule has 0 saturated carbocycles. The molecule has 0 unspecified atom stereocenters. The van der Waals surface area contributed by atoms with E-state index >= 15 is 0 Å². The molecule has 25 heavy (non-hydrogen) atoms. The molecule has 1 saturated heterocycles. The van der Waals surface area contributed by atoms with Crippen LogP contribution in [-0.2, 0) is 16.1 Å². The van der Waals surface area contributed by atoms with Gasteiger partial charge in [0.25, 0.3) is 0 Å². The summed E-state index contributed by atoms with van der Waals surface area (Å²) in [6.07, 6.45) is 0.426. The van der Waals surface area contributed by atoms with Crippen LogP contribution in [0, 0.1) is 0 Å². The van der Waals surface area contributed by atoms with Gasteiger partial charge < -0.3 is 20.9 Å². The maximum Gasteiger partial charge on any atom is 0.325 e. The van der Waals surface area contributed by atoms with Gasteiger partial charge in [-0.1, -0.05) is 18.2 Å². The van der Waals surface area contributed by atoms with Crippen LogP contribution < -0.4 is 16.0 Å². The molecule has 0 radical (unpaired) electrons. The third kappa shape index (κ3) is 3.17. The van der Waals surface area contributed by atoms with Crippen LogP contribution in [0.15, 0.2) is 24.3 Å². The van der Waals surface area contributed by atoms with Gasteiger partial charge in [-0.15, -0.1) is 0 Å². The lowest BCUT2D eigenvalue weighted by Gasteiger charge is -2.36. The van der Waals surface area contributed by atoms with Crippen molar-refractivity contribution in [3.8, 4) is 0 Å². The number of nitrogens with zero attached hydrogens (tertiary/aromatic N) is 3. The summed E-state index contributed by atoms with van der Waals surface area (Å²) in [4.78, 5) is 41.9. The molecule has 1 fully saturated rings. The fourth-order valence-corrected chi connectivity index (χ4v) is 3.48. The van der Waals surface area contributed by atoms with Crippen molar-refractivity contribution in [1.29, 1.82) is 0 Å². The number of benzene rings is 1. The van der Waals surface area contributed by atoms with E-state index in [0.717, 1.165) is 11.3 Å². The fraction of sp³-hybridized carbons (Fsp3) is 0.471. The van der Waals surface area contributed by atoms with Gasteiger partial charge in [-0.05, 0) is 18.1 Å². The molecule has 4 amide bonds. The first-order valence-corrected chi connectivity index (χ1v) is 8.29. The fourth-order valence-electron chi connectivity index (χ4n) is 3.48. The predicted molar refractivity (Wildman–Crippen MR) is 92.8 cm³/mol. The Hall–Kier alpha value is -2.61. The maximum absolute atomic E-state index is 12.8. The number of fused-ring (bicyclic) bond motifs is 1. The zero-order valence-corrected chi connectivity index (χ0v) is 14.4. The number of likely N-dealkylation sites (N-methyl/N-ethyl adjacent to an activating group) is 1. The van der Waals surface area contributed by atoms with Gasteiger partial charge in [0.1, 0.15) is 12.6 Å². The Labute approximate surface area is 146 Å². The number of carbonyl (C=O) groups is 3. The van der Waals surface area contributed by atoms with Crippen LogP contribution >= 0.6 is 0 Å². The number of likely N-dealkylation sites (tertiary alicyclic amines) is 1. The van der Waals surface area contributed by atoms with E-state index in [1.807, 2.05) is 24.3 Å². The van der Waals surface area contributed by atoms with E-state index in [-0.39, 0.29) is 30.4 Å². The van der Waals surface area contributed by atoms with Crippen LogP contribution in [0.5, 0.6) is 0 Å². The number of nitrogens with one attached hydrogen (secondary N) is 1. The maximum atomic E-state index is 12.8. The van der Waals surface area contributed by atoms with E-state index < -0.39 is 6.04 Å². The number of anilines is 1. The summed E-state index contributed by atoms with van der Waals surface area (Å²) < 4.78 is 0. The zero-order chi connectivity index (χ0) is 18.1. The lowest BCUT2D eigenvalue weighted by atomic mass is 10.1. The van der Waals surface area contributed by atoms with Crippen molar-refractivity contribution in [2.75, 3.05) is 32.1 Å². The van der Waals surface area contributed by atoms with Crippen molar-refractivity contribution in [3.63, 3.8) is 0 Å². The van der Waals surface area contributed by atoms with E-state index in [9.17, 15) is 14.4 Å². The summed E-state index contributed by atoms with van der Waals surface area (Å²) in [7, 11) is 3.24. The average molecular weight is 345 g/mol. The highest BCUT2D eigenvalue weighted by molar-refractivity contribution is 6.00. The Bertz CT molecular complexity index is 707. The summed E-state index contributed by atoms with van der Waals surface area (Å²) >= 11 is 0. The lowest BCUT2D eigenvalue weighted by Crippen LogP contribution is -2.52. The molecule has 3 N–H and O–H groups in total. The van der Waals surface area contributed by atoms with E-state index in [0.29, 0.717) is 19.5 Å².